The van der Waals surface area contributed by atoms with Crippen molar-refractivity contribution in [1.29, 1.82) is 0 Å². The van der Waals surface area contributed by atoms with Crippen molar-refractivity contribution in [2.75, 3.05) is 74.4 Å². The molecular formula is C69H118N12O13. The Hall–Kier alpha value is -7.34. The van der Waals surface area contributed by atoms with Crippen LogP contribution in [0.5, 0.6) is 0 Å². The van der Waals surface area contributed by atoms with Crippen molar-refractivity contribution < 1.29 is 62.3 Å². The average Bonchev–Trinajstić information content (AvgIpc) is 0.804. The predicted molar refractivity (Wildman–Crippen MR) is 363 cm³/mol. The zero-order valence-electron chi connectivity index (χ0n) is 61.3. The number of likely N-dealkylation sites (N-methyl/N-ethyl adjacent to an activating group) is 7. The minimum atomic E-state index is -1.64. The van der Waals surface area contributed by atoms with Crippen LogP contribution in [-0.2, 0) is 62.3 Å². The molecule has 11 amide bonds. The smallest absolute Gasteiger partial charge is 0.303 e. The summed E-state index contributed by atoms with van der Waals surface area (Å²) in [5.41, 5.74) is 0.895. The molecule has 25 heteroatoms. The van der Waals surface area contributed by atoms with Gasteiger partial charge in [-0.2, -0.15) is 0 Å². The maximum Gasteiger partial charge on any atom is 0.303 e. The summed E-state index contributed by atoms with van der Waals surface area (Å²) in [6.45, 7) is 29.1. The van der Waals surface area contributed by atoms with E-state index in [2.05, 4.69) is 21.3 Å². The third-order valence-corrected chi connectivity index (χ3v) is 17.7. The summed E-state index contributed by atoms with van der Waals surface area (Å²) in [6.07, 6.45) is -0.480. The molecule has 0 aliphatic carbocycles. The van der Waals surface area contributed by atoms with Gasteiger partial charge in [-0.3, -0.25) is 57.5 Å². The first-order valence-corrected chi connectivity index (χ1v) is 33.5. The number of ether oxygens (including phenoxy) is 1. The Morgan fingerprint density at radius 3 is 1.40 bits per heavy atom. The quantitative estimate of drug-likeness (QED) is 0.148. The normalized spacial score (nSPS) is 25.2. The molecule has 2 rings (SSSR count). The molecule has 94 heavy (non-hydrogen) atoms. The van der Waals surface area contributed by atoms with E-state index in [0.29, 0.717) is 13.0 Å². The minimum Gasteiger partial charge on any atom is -0.459 e. The second-order valence-corrected chi connectivity index (χ2v) is 28.4. The number of nitrogens with one attached hydrogen (secondary N) is 4. The first kappa shape index (κ1) is 82.8. The number of benzene rings is 1. The van der Waals surface area contributed by atoms with Gasteiger partial charge < -0.3 is 65.2 Å². The molecule has 1 aliphatic heterocycles. The van der Waals surface area contributed by atoms with E-state index in [1.165, 1.54) is 94.6 Å². The molecule has 1 fully saturated rings. The molecule has 1 heterocycles. The fourth-order valence-corrected chi connectivity index (χ4v) is 11.9. The Bertz CT molecular complexity index is 2740. The van der Waals surface area contributed by atoms with E-state index in [1.54, 1.807) is 41.5 Å². The highest BCUT2D eigenvalue weighted by Crippen LogP contribution is 2.28. The summed E-state index contributed by atoms with van der Waals surface area (Å²) in [5, 5.41) is 11.1. The molecule has 1 saturated heterocycles. The van der Waals surface area contributed by atoms with Crippen LogP contribution in [0.4, 0.5) is 5.69 Å². The van der Waals surface area contributed by atoms with E-state index >= 15 is 19.2 Å². The van der Waals surface area contributed by atoms with E-state index < -0.39 is 162 Å². The fourth-order valence-electron chi connectivity index (χ4n) is 11.9. The van der Waals surface area contributed by atoms with Crippen LogP contribution in [-0.4, -0.2) is 241 Å². The van der Waals surface area contributed by atoms with Gasteiger partial charge in [0, 0.05) is 75.5 Å². The number of amides is 11. The number of hydrogen-bond acceptors (Lipinski definition) is 14. The molecule has 1 unspecified atom stereocenters. The lowest BCUT2D eigenvalue weighted by Crippen LogP contribution is -2.64. The largest absolute Gasteiger partial charge is 0.459 e. The monoisotopic (exact) mass is 1320 g/mol. The summed E-state index contributed by atoms with van der Waals surface area (Å²) < 4.78 is 6.09. The number of rotatable bonds is 18. The van der Waals surface area contributed by atoms with E-state index in [9.17, 15) is 38.4 Å². The van der Waals surface area contributed by atoms with Gasteiger partial charge in [0.2, 0.25) is 65.0 Å². The number of para-hydroxylation sites is 1. The Morgan fingerprint density at radius 1 is 0.500 bits per heavy atom. The Labute approximate surface area is 561 Å². The van der Waals surface area contributed by atoms with Crippen molar-refractivity contribution in [3.05, 3.63) is 30.3 Å². The van der Waals surface area contributed by atoms with Crippen molar-refractivity contribution in [3.8, 4) is 0 Å². The van der Waals surface area contributed by atoms with E-state index in [4.69, 9.17) is 4.74 Å². The third kappa shape index (κ3) is 23.2. The highest BCUT2D eigenvalue weighted by atomic mass is 16.5. The van der Waals surface area contributed by atoms with Gasteiger partial charge in [-0.25, -0.2) is 0 Å². The molecule has 0 aromatic heterocycles. The lowest BCUT2D eigenvalue weighted by atomic mass is 9.91. The summed E-state index contributed by atoms with van der Waals surface area (Å²) in [4.78, 5) is 187. The van der Waals surface area contributed by atoms with Gasteiger partial charge in [0.1, 0.15) is 66.5 Å². The van der Waals surface area contributed by atoms with Crippen LogP contribution in [0.15, 0.2) is 30.3 Å². The highest BCUT2D eigenvalue weighted by Gasteiger charge is 2.47. The zero-order valence-corrected chi connectivity index (χ0v) is 61.3. The molecule has 1 aromatic rings. The van der Waals surface area contributed by atoms with Crippen LogP contribution in [0, 0.1) is 41.4 Å². The van der Waals surface area contributed by atoms with E-state index in [1.807, 2.05) is 97.7 Å². The van der Waals surface area contributed by atoms with Crippen molar-refractivity contribution in [2.45, 2.75) is 223 Å². The number of anilines is 1. The van der Waals surface area contributed by atoms with Gasteiger partial charge in [0.25, 0.3) is 0 Å². The topological polar surface area (TPSA) is 288 Å². The van der Waals surface area contributed by atoms with Crippen LogP contribution < -0.4 is 26.2 Å². The van der Waals surface area contributed by atoms with E-state index in [0.717, 1.165) is 15.5 Å². The van der Waals surface area contributed by atoms with Crippen molar-refractivity contribution in [1.82, 2.24) is 55.6 Å². The van der Waals surface area contributed by atoms with Crippen molar-refractivity contribution >= 4 is 76.6 Å². The second kappa shape index (κ2) is 37.7. The first-order chi connectivity index (χ1) is 43.5. The van der Waals surface area contributed by atoms with Gasteiger partial charge in [-0.15, -0.1) is 0 Å². The molecule has 25 nitrogen and oxygen atoms in total. The number of nitrogens with zero attached hydrogens (tertiary/aromatic N) is 8. The predicted octanol–water partition coefficient (Wildman–Crippen LogP) is 4.40. The molecule has 12 atom stereocenters. The Balaban J connectivity index is 3.07. The average molecular weight is 1320 g/mol. The summed E-state index contributed by atoms with van der Waals surface area (Å²) in [7, 11) is 11.8. The van der Waals surface area contributed by atoms with Crippen LogP contribution >= 0.6 is 0 Å². The zero-order chi connectivity index (χ0) is 72.2. The number of carbonyl (C=O) groups is 12. The highest BCUT2D eigenvalue weighted by molar-refractivity contribution is 5.99. The van der Waals surface area contributed by atoms with E-state index in [-0.39, 0.29) is 55.8 Å². The van der Waals surface area contributed by atoms with Crippen molar-refractivity contribution in [2.24, 2.45) is 41.4 Å². The van der Waals surface area contributed by atoms with Crippen molar-refractivity contribution in [3.63, 3.8) is 0 Å². The lowest BCUT2D eigenvalue weighted by Gasteiger charge is -2.42. The minimum absolute atomic E-state index is 0.0134. The van der Waals surface area contributed by atoms with Gasteiger partial charge in [-0.05, 0) is 106 Å². The van der Waals surface area contributed by atoms with Gasteiger partial charge >= 0.3 is 5.97 Å². The van der Waals surface area contributed by atoms with Gasteiger partial charge in [0.15, 0.2) is 0 Å². The molecule has 0 bridgehead atoms. The molecule has 0 saturated carbocycles. The fraction of sp³-hybridized carbons (Fsp3) is 0.739. The van der Waals surface area contributed by atoms with Gasteiger partial charge in [-0.1, -0.05) is 115 Å². The lowest BCUT2D eigenvalue weighted by molar-refractivity contribution is -0.164. The van der Waals surface area contributed by atoms with Crippen LogP contribution in [0.1, 0.15) is 156 Å². The van der Waals surface area contributed by atoms with Crippen LogP contribution in [0.2, 0.25) is 0 Å². The molecule has 1 aromatic carbocycles. The number of carbonyl (C=O) groups excluding carboxylic acids is 12. The molecular weight excluding hydrogens is 1200 g/mol. The maximum atomic E-state index is 15.6. The molecule has 1 aliphatic rings. The SMILES string of the molecule is CC[C@@H]1NC(=O)C([C@H](OC(C)=O)[C@H](C)CCN(C)c2ccccc2)N(C)C(=O)[C@H](C(C)C)N(C)C(=O)[C@H](CC(C)C)N(C)C(=O)[C@H](CC(C)C)N(C)C(=O)[C@@H](C)NC(=O)[C@H](C)NC(=O)[C@H](CC(C)C)N(C)C(=O)[C@H](C(C)C)NC(=O)[C@H](CC(C)C)N(C)C(=O)CN(C)C1=O. The number of esters is 1. The molecule has 4 N–H and O–H groups in total. The maximum absolute atomic E-state index is 15.6. The Kier molecular flexibility index (Phi) is 33.2. The number of hydrogen-bond donors (Lipinski definition) is 4. The second-order valence-electron chi connectivity index (χ2n) is 28.4. The molecule has 0 radical (unpaired) electrons. The standard InChI is InChI=1S/C69H118N12O13/c1-26-50-65(89)75(19)38-55(83)76(20)51(34-39(2)3)62(86)73-56(43(10)11)68(92)77(21)52(35-40(4)5)61(85)70-46(15)60(84)71-47(16)64(88)78(22)53(36-41(6)7)66(90)79(23)54(37-42(8)9)67(91)80(24)57(44(12)13)69(93)81(25)58(63(87)72-50)59(94-48(17)82)45(14)32-33-74(18)49-30-28-27-29-31-49/h27-31,39-47,50-54,56-59H,26,32-38H2,1-25H3,(H,70,85)(H,71,84)(H,72,87)(H,73,86)/t45-,46+,47-,50+,51+,52+,53+,54+,56+,57+,58?,59-/m1/s1. The van der Waals surface area contributed by atoms with Crippen LogP contribution in [0.3, 0.4) is 0 Å². The summed E-state index contributed by atoms with van der Waals surface area (Å²) in [6, 6.07) is -3.08. The molecule has 532 valence electrons. The van der Waals surface area contributed by atoms with Gasteiger partial charge in [0.05, 0.1) is 6.54 Å². The third-order valence-electron chi connectivity index (χ3n) is 17.7. The first-order valence-electron chi connectivity index (χ1n) is 33.5. The molecule has 0 spiro atoms. The van der Waals surface area contributed by atoms with Crippen LogP contribution in [0.25, 0.3) is 0 Å². The summed E-state index contributed by atoms with van der Waals surface area (Å²) >= 11 is 0. The Morgan fingerprint density at radius 2 is 0.936 bits per heavy atom. The summed E-state index contributed by atoms with van der Waals surface area (Å²) in [5.74, 6) is -10.8.